The standard InChI is InChI=1S/C17H21Cl2N3O2.ClH/c18-12-6-5-11(8-13(12)19)17(24)22-7-1-2-15(22)16(23)21-9-14(20)10-3-4-10;/h5-6,8,10,14-15H,1-4,7,9,20H2,(H,21,23);1H. The van der Waals surface area contributed by atoms with Gasteiger partial charge < -0.3 is 16.0 Å². The van der Waals surface area contributed by atoms with Crippen molar-refractivity contribution >= 4 is 47.4 Å². The largest absolute Gasteiger partial charge is 0.353 e. The van der Waals surface area contributed by atoms with Crippen molar-refractivity contribution in [1.82, 2.24) is 10.2 Å². The summed E-state index contributed by atoms with van der Waals surface area (Å²) >= 11 is 11.9. The molecule has 0 radical (unpaired) electrons. The second-order valence-electron chi connectivity index (χ2n) is 6.53. The van der Waals surface area contributed by atoms with Gasteiger partial charge in [0.15, 0.2) is 0 Å². The van der Waals surface area contributed by atoms with Crippen molar-refractivity contribution in [2.24, 2.45) is 11.7 Å². The Balaban J connectivity index is 0.00000225. The number of carbonyl (C=O) groups excluding carboxylic acids is 2. The number of nitrogens with zero attached hydrogens (tertiary/aromatic N) is 1. The van der Waals surface area contributed by atoms with E-state index in [1.807, 2.05) is 0 Å². The lowest BCUT2D eigenvalue weighted by Gasteiger charge is -2.25. The lowest BCUT2D eigenvalue weighted by atomic mass is 10.1. The highest BCUT2D eigenvalue weighted by Crippen LogP contribution is 2.31. The Bertz CT molecular complexity index is 652. The summed E-state index contributed by atoms with van der Waals surface area (Å²) in [6.07, 6.45) is 3.75. The number of amides is 2. The molecular formula is C17H22Cl3N3O2. The van der Waals surface area contributed by atoms with Gasteiger partial charge in [-0.3, -0.25) is 9.59 Å². The smallest absolute Gasteiger partial charge is 0.254 e. The maximum Gasteiger partial charge on any atom is 0.254 e. The first-order chi connectivity index (χ1) is 11.5. The first kappa shape index (κ1) is 20.3. The van der Waals surface area contributed by atoms with Crippen LogP contribution >= 0.6 is 35.6 Å². The molecule has 1 saturated carbocycles. The molecule has 3 rings (SSSR count). The molecule has 1 aliphatic heterocycles. The van der Waals surface area contributed by atoms with Crippen LogP contribution in [-0.4, -0.2) is 41.9 Å². The van der Waals surface area contributed by atoms with E-state index in [1.165, 1.54) is 0 Å². The van der Waals surface area contributed by atoms with E-state index in [9.17, 15) is 9.59 Å². The Morgan fingerprint density at radius 1 is 1.24 bits per heavy atom. The number of nitrogens with one attached hydrogen (secondary N) is 1. The molecule has 5 nitrogen and oxygen atoms in total. The molecule has 2 atom stereocenters. The highest BCUT2D eigenvalue weighted by atomic mass is 35.5. The van der Waals surface area contributed by atoms with E-state index < -0.39 is 6.04 Å². The zero-order valence-electron chi connectivity index (χ0n) is 13.7. The minimum Gasteiger partial charge on any atom is -0.353 e. The van der Waals surface area contributed by atoms with Crippen molar-refractivity contribution in [2.45, 2.75) is 37.8 Å². The monoisotopic (exact) mass is 405 g/mol. The van der Waals surface area contributed by atoms with Crippen molar-refractivity contribution in [2.75, 3.05) is 13.1 Å². The summed E-state index contributed by atoms with van der Waals surface area (Å²) in [5.74, 6) is 0.206. The summed E-state index contributed by atoms with van der Waals surface area (Å²) in [5, 5.41) is 3.63. The van der Waals surface area contributed by atoms with Crippen molar-refractivity contribution in [1.29, 1.82) is 0 Å². The summed E-state index contributed by atoms with van der Waals surface area (Å²) in [6, 6.07) is 4.33. The van der Waals surface area contributed by atoms with Gasteiger partial charge in [0, 0.05) is 24.7 Å². The summed E-state index contributed by atoms with van der Waals surface area (Å²) in [6.45, 7) is 1.03. The maximum atomic E-state index is 12.7. The van der Waals surface area contributed by atoms with Crippen LogP contribution < -0.4 is 11.1 Å². The third-order valence-electron chi connectivity index (χ3n) is 4.72. The normalized spacial score (nSPS) is 20.8. The number of carbonyl (C=O) groups is 2. The molecular weight excluding hydrogens is 385 g/mol. The van der Waals surface area contributed by atoms with Gasteiger partial charge in [-0.1, -0.05) is 23.2 Å². The number of benzene rings is 1. The second-order valence-corrected chi connectivity index (χ2v) is 7.35. The van der Waals surface area contributed by atoms with E-state index in [2.05, 4.69) is 5.32 Å². The predicted octanol–water partition coefficient (Wildman–Crippen LogP) is 2.87. The fourth-order valence-corrected chi connectivity index (χ4v) is 3.40. The molecule has 25 heavy (non-hydrogen) atoms. The first-order valence-corrected chi connectivity index (χ1v) is 9.02. The second kappa shape index (κ2) is 8.58. The molecule has 1 aliphatic carbocycles. The van der Waals surface area contributed by atoms with Crippen molar-refractivity contribution in [3.8, 4) is 0 Å². The zero-order valence-corrected chi connectivity index (χ0v) is 16.0. The van der Waals surface area contributed by atoms with Crippen molar-refractivity contribution in [3.05, 3.63) is 33.8 Å². The third kappa shape index (κ3) is 4.79. The van der Waals surface area contributed by atoms with Crippen LogP contribution in [0, 0.1) is 5.92 Å². The molecule has 2 amide bonds. The van der Waals surface area contributed by atoms with Crippen LogP contribution in [0.3, 0.4) is 0 Å². The first-order valence-electron chi connectivity index (χ1n) is 8.26. The Kier molecular flexibility index (Phi) is 6.97. The summed E-state index contributed by atoms with van der Waals surface area (Å²) < 4.78 is 0. The molecule has 0 aromatic heterocycles. The third-order valence-corrected chi connectivity index (χ3v) is 5.46. The SMILES string of the molecule is Cl.NC(CNC(=O)C1CCCN1C(=O)c1ccc(Cl)c(Cl)c1)C1CC1. The fraction of sp³-hybridized carbons (Fsp3) is 0.529. The van der Waals surface area contributed by atoms with Crippen LogP contribution in [0.4, 0.5) is 0 Å². The average Bonchev–Trinajstić information content (AvgIpc) is 3.31. The van der Waals surface area contributed by atoms with E-state index >= 15 is 0 Å². The van der Waals surface area contributed by atoms with Gasteiger partial charge in [0.2, 0.25) is 5.91 Å². The molecule has 8 heteroatoms. The van der Waals surface area contributed by atoms with Crippen LogP contribution in [0.1, 0.15) is 36.0 Å². The molecule has 1 aromatic carbocycles. The Hall–Kier alpha value is -1.01. The maximum absolute atomic E-state index is 12.7. The Labute approximate surface area is 163 Å². The van der Waals surface area contributed by atoms with E-state index in [0.29, 0.717) is 41.0 Å². The van der Waals surface area contributed by atoms with Gasteiger partial charge in [-0.2, -0.15) is 0 Å². The topological polar surface area (TPSA) is 75.4 Å². The van der Waals surface area contributed by atoms with Crippen molar-refractivity contribution < 1.29 is 9.59 Å². The van der Waals surface area contributed by atoms with Crippen LogP contribution in [0.15, 0.2) is 18.2 Å². The molecule has 0 spiro atoms. The molecule has 1 saturated heterocycles. The van der Waals surface area contributed by atoms with Gasteiger partial charge in [-0.05, 0) is 49.8 Å². The summed E-state index contributed by atoms with van der Waals surface area (Å²) in [5.41, 5.74) is 6.46. The Morgan fingerprint density at radius 3 is 2.60 bits per heavy atom. The van der Waals surface area contributed by atoms with E-state index in [1.54, 1.807) is 23.1 Å². The number of hydrogen-bond donors (Lipinski definition) is 2. The van der Waals surface area contributed by atoms with Crippen molar-refractivity contribution in [3.63, 3.8) is 0 Å². The molecule has 0 bridgehead atoms. The molecule has 2 aliphatic rings. The van der Waals surface area contributed by atoms with Gasteiger partial charge in [0.05, 0.1) is 10.0 Å². The van der Waals surface area contributed by atoms with Crippen LogP contribution in [0.2, 0.25) is 10.0 Å². The van der Waals surface area contributed by atoms with Gasteiger partial charge in [0.1, 0.15) is 6.04 Å². The molecule has 1 aromatic rings. The highest BCUT2D eigenvalue weighted by molar-refractivity contribution is 6.42. The molecule has 3 N–H and O–H groups in total. The van der Waals surface area contributed by atoms with E-state index in [-0.39, 0.29) is 30.3 Å². The number of likely N-dealkylation sites (tertiary alicyclic amines) is 1. The van der Waals surface area contributed by atoms with Gasteiger partial charge in [0.25, 0.3) is 5.91 Å². The number of nitrogens with two attached hydrogens (primary N) is 1. The predicted molar refractivity (Wildman–Crippen MR) is 101 cm³/mol. The van der Waals surface area contributed by atoms with E-state index in [0.717, 1.165) is 19.3 Å². The minimum absolute atomic E-state index is 0. The quantitative estimate of drug-likeness (QED) is 0.789. The molecule has 138 valence electrons. The zero-order chi connectivity index (χ0) is 17.3. The lowest BCUT2D eigenvalue weighted by Crippen LogP contribution is -2.48. The summed E-state index contributed by atoms with van der Waals surface area (Å²) in [4.78, 5) is 26.8. The number of rotatable bonds is 5. The molecule has 1 heterocycles. The van der Waals surface area contributed by atoms with Gasteiger partial charge in [-0.25, -0.2) is 0 Å². The summed E-state index contributed by atoms with van der Waals surface area (Å²) in [7, 11) is 0. The fourth-order valence-electron chi connectivity index (χ4n) is 3.10. The number of hydrogen-bond acceptors (Lipinski definition) is 3. The van der Waals surface area contributed by atoms with Crippen LogP contribution in [0.25, 0.3) is 0 Å². The van der Waals surface area contributed by atoms with Gasteiger partial charge in [-0.15, -0.1) is 12.4 Å². The van der Waals surface area contributed by atoms with Gasteiger partial charge >= 0.3 is 0 Å². The van der Waals surface area contributed by atoms with Crippen LogP contribution in [-0.2, 0) is 4.79 Å². The number of halogens is 3. The van der Waals surface area contributed by atoms with E-state index in [4.69, 9.17) is 28.9 Å². The average molecular weight is 407 g/mol. The highest BCUT2D eigenvalue weighted by Gasteiger charge is 2.35. The molecule has 2 unspecified atom stereocenters. The van der Waals surface area contributed by atoms with Crippen LogP contribution in [0.5, 0.6) is 0 Å². The lowest BCUT2D eigenvalue weighted by molar-refractivity contribution is -0.124. The molecule has 2 fully saturated rings. The Morgan fingerprint density at radius 2 is 1.96 bits per heavy atom. The minimum atomic E-state index is -0.446.